The summed E-state index contributed by atoms with van der Waals surface area (Å²) in [5.41, 5.74) is 5.68. The van der Waals surface area contributed by atoms with Crippen molar-refractivity contribution in [3.05, 3.63) is 23.8 Å². The summed E-state index contributed by atoms with van der Waals surface area (Å²) in [7, 11) is 0. The number of phenols is 2. The highest BCUT2D eigenvalue weighted by Crippen LogP contribution is 2.25. The Balaban J connectivity index is 2.70. The summed E-state index contributed by atoms with van der Waals surface area (Å²) >= 11 is 0. The largest absolute Gasteiger partial charge is 0.504 e. The molecule has 1 aromatic carbocycles. The van der Waals surface area contributed by atoms with Gasteiger partial charge in [-0.05, 0) is 38.5 Å². The number of carbonyl (C=O) groups is 2. The minimum atomic E-state index is -1.24. The van der Waals surface area contributed by atoms with Crippen molar-refractivity contribution in [2.75, 3.05) is 6.61 Å². The van der Waals surface area contributed by atoms with E-state index >= 15 is 0 Å². The van der Waals surface area contributed by atoms with E-state index in [1.165, 1.54) is 18.2 Å². The molecule has 8 nitrogen and oxygen atoms in total. The van der Waals surface area contributed by atoms with Crippen LogP contribution in [-0.2, 0) is 20.7 Å². The fraction of sp³-hybridized carbons (Fsp3) is 0.500. The number of hydrogen-bond donors (Lipinski definition) is 5. The molecule has 0 aromatic heterocycles. The molecular formula is C16H24N2O6. The number of rotatable bonds is 7. The average molecular weight is 340 g/mol. The van der Waals surface area contributed by atoms with Gasteiger partial charge in [-0.3, -0.25) is 4.79 Å². The van der Waals surface area contributed by atoms with Crippen LogP contribution in [-0.4, -0.2) is 51.5 Å². The Hall–Kier alpha value is -2.32. The van der Waals surface area contributed by atoms with Gasteiger partial charge in [-0.2, -0.15) is 0 Å². The second-order valence-corrected chi connectivity index (χ2v) is 6.46. The maximum absolute atomic E-state index is 12.0. The van der Waals surface area contributed by atoms with Crippen LogP contribution in [0.3, 0.4) is 0 Å². The van der Waals surface area contributed by atoms with E-state index in [1.807, 2.05) is 20.8 Å². The fourth-order valence-corrected chi connectivity index (χ4v) is 1.83. The number of aromatic hydroxyl groups is 2. The molecule has 0 unspecified atom stereocenters. The molecule has 0 spiro atoms. The SMILES string of the molecule is CC(C)(C)OC[C@H](N)C(=O)N[C@@H](Cc1ccc(O)c(O)c1)C(=O)O. The molecule has 0 fully saturated rings. The van der Waals surface area contributed by atoms with Crippen LogP contribution in [0.25, 0.3) is 0 Å². The number of carbonyl (C=O) groups excluding carboxylic acids is 1. The van der Waals surface area contributed by atoms with Crippen LogP contribution in [0.5, 0.6) is 11.5 Å². The molecule has 0 aliphatic heterocycles. The zero-order chi connectivity index (χ0) is 18.5. The minimum Gasteiger partial charge on any atom is -0.504 e. The lowest BCUT2D eigenvalue weighted by Gasteiger charge is -2.23. The summed E-state index contributed by atoms with van der Waals surface area (Å²) in [6.45, 7) is 5.40. The first-order valence-electron chi connectivity index (χ1n) is 7.43. The molecule has 1 amide bonds. The summed E-state index contributed by atoms with van der Waals surface area (Å²) in [5, 5.41) is 30.3. The Labute approximate surface area is 140 Å². The number of aliphatic carboxylic acids is 1. The third-order valence-electron chi connectivity index (χ3n) is 3.13. The van der Waals surface area contributed by atoms with Gasteiger partial charge in [-0.25, -0.2) is 4.79 Å². The van der Waals surface area contributed by atoms with Crippen LogP contribution < -0.4 is 11.1 Å². The average Bonchev–Trinajstić information content (AvgIpc) is 2.46. The van der Waals surface area contributed by atoms with Crippen molar-refractivity contribution in [1.29, 1.82) is 0 Å². The van der Waals surface area contributed by atoms with Crippen molar-refractivity contribution in [3.8, 4) is 11.5 Å². The van der Waals surface area contributed by atoms with Gasteiger partial charge in [0.15, 0.2) is 11.5 Å². The first-order chi connectivity index (χ1) is 11.0. The van der Waals surface area contributed by atoms with Gasteiger partial charge in [0.25, 0.3) is 0 Å². The molecule has 0 bridgehead atoms. The van der Waals surface area contributed by atoms with E-state index in [0.29, 0.717) is 5.56 Å². The third-order valence-corrected chi connectivity index (χ3v) is 3.13. The van der Waals surface area contributed by atoms with Gasteiger partial charge in [0, 0.05) is 6.42 Å². The van der Waals surface area contributed by atoms with Crippen LogP contribution in [0, 0.1) is 0 Å². The molecule has 0 saturated carbocycles. The lowest BCUT2D eigenvalue weighted by molar-refractivity contribution is -0.142. The molecule has 8 heteroatoms. The zero-order valence-electron chi connectivity index (χ0n) is 13.9. The van der Waals surface area contributed by atoms with E-state index in [1.54, 1.807) is 0 Å². The molecule has 1 rings (SSSR count). The molecule has 0 aliphatic carbocycles. The van der Waals surface area contributed by atoms with Crippen molar-refractivity contribution < 1.29 is 29.6 Å². The van der Waals surface area contributed by atoms with Gasteiger partial charge < -0.3 is 31.1 Å². The second-order valence-electron chi connectivity index (χ2n) is 6.46. The lowest BCUT2D eigenvalue weighted by atomic mass is 10.0. The molecule has 0 heterocycles. The van der Waals surface area contributed by atoms with Gasteiger partial charge in [0.2, 0.25) is 5.91 Å². The Kier molecular flexibility index (Phi) is 6.56. The monoisotopic (exact) mass is 340 g/mol. The van der Waals surface area contributed by atoms with Gasteiger partial charge in [0.1, 0.15) is 12.1 Å². The molecule has 6 N–H and O–H groups in total. The summed E-state index contributed by atoms with van der Waals surface area (Å²) in [5.74, 6) is -2.55. The number of hydrogen-bond acceptors (Lipinski definition) is 6. The van der Waals surface area contributed by atoms with E-state index in [4.69, 9.17) is 10.5 Å². The lowest BCUT2D eigenvalue weighted by Crippen LogP contribution is -2.51. The minimum absolute atomic E-state index is 0.0400. The Bertz CT molecular complexity index is 597. The van der Waals surface area contributed by atoms with Crippen molar-refractivity contribution in [2.45, 2.75) is 44.9 Å². The van der Waals surface area contributed by atoms with Crippen molar-refractivity contribution in [2.24, 2.45) is 5.73 Å². The number of benzene rings is 1. The number of nitrogens with one attached hydrogen (secondary N) is 1. The summed E-state index contributed by atoms with van der Waals surface area (Å²) in [4.78, 5) is 23.3. The summed E-state index contributed by atoms with van der Waals surface area (Å²) < 4.78 is 5.41. The molecule has 1 aromatic rings. The highest BCUT2D eigenvalue weighted by Gasteiger charge is 2.25. The van der Waals surface area contributed by atoms with E-state index < -0.39 is 29.6 Å². The molecule has 24 heavy (non-hydrogen) atoms. The number of ether oxygens (including phenoxy) is 1. The molecular weight excluding hydrogens is 316 g/mol. The zero-order valence-corrected chi connectivity index (χ0v) is 13.9. The highest BCUT2D eigenvalue weighted by molar-refractivity contribution is 5.87. The van der Waals surface area contributed by atoms with Crippen LogP contribution in [0.4, 0.5) is 0 Å². The van der Waals surface area contributed by atoms with E-state index in [-0.39, 0.29) is 24.5 Å². The standard InChI is InChI=1S/C16H24N2O6/c1-16(2,3)24-8-10(17)14(21)18-11(15(22)23)6-9-4-5-12(19)13(20)7-9/h4-5,7,10-11,19-20H,6,8,17H2,1-3H3,(H,18,21)(H,22,23)/t10-,11-/m0/s1. The number of amides is 1. The highest BCUT2D eigenvalue weighted by atomic mass is 16.5. The van der Waals surface area contributed by atoms with Crippen molar-refractivity contribution in [3.63, 3.8) is 0 Å². The maximum Gasteiger partial charge on any atom is 0.326 e. The summed E-state index contributed by atoms with van der Waals surface area (Å²) in [6, 6.07) is 1.72. The van der Waals surface area contributed by atoms with Crippen molar-refractivity contribution >= 4 is 11.9 Å². The number of carboxylic acid groups (broad SMARTS) is 1. The predicted molar refractivity (Wildman–Crippen MR) is 86.7 cm³/mol. The normalized spacial score (nSPS) is 14.0. The van der Waals surface area contributed by atoms with Crippen LogP contribution in [0.2, 0.25) is 0 Å². The third kappa shape index (κ3) is 6.43. The molecule has 0 aliphatic rings. The summed E-state index contributed by atoms with van der Waals surface area (Å²) in [6.07, 6.45) is -0.0677. The first-order valence-corrected chi connectivity index (χ1v) is 7.43. The van der Waals surface area contributed by atoms with Gasteiger partial charge in [-0.1, -0.05) is 6.07 Å². The Morgan fingerprint density at radius 2 is 1.88 bits per heavy atom. The Morgan fingerprint density at radius 1 is 1.25 bits per heavy atom. The molecule has 2 atom stereocenters. The van der Waals surface area contributed by atoms with Gasteiger partial charge in [0.05, 0.1) is 12.2 Å². The Morgan fingerprint density at radius 3 is 2.38 bits per heavy atom. The topological polar surface area (TPSA) is 142 Å². The number of carboxylic acids is 1. The maximum atomic E-state index is 12.0. The number of nitrogens with two attached hydrogens (primary N) is 1. The van der Waals surface area contributed by atoms with E-state index in [2.05, 4.69) is 5.32 Å². The fourth-order valence-electron chi connectivity index (χ4n) is 1.83. The quantitative estimate of drug-likeness (QED) is 0.451. The van der Waals surface area contributed by atoms with Crippen LogP contribution in [0.15, 0.2) is 18.2 Å². The van der Waals surface area contributed by atoms with Crippen molar-refractivity contribution in [1.82, 2.24) is 5.32 Å². The molecule has 134 valence electrons. The predicted octanol–water partition coefficient (Wildman–Crippen LogP) is 0.352. The van der Waals surface area contributed by atoms with Crippen LogP contribution in [0.1, 0.15) is 26.3 Å². The van der Waals surface area contributed by atoms with Crippen LogP contribution >= 0.6 is 0 Å². The smallest absolute Gasteiger partial charge is 0.326 e. The molecule has 0 saturated heterocycles. The first kappa shape index (κ1) is 19.7. The van der Waals surface area contributed by atoms with Gasteiger partial charge >= 0.3 is 5.97 Å². The van der Waals surface area contributed by atoms with Gasteiger partial charge in [-0.15, -0.1) is 0 Å². The molecule has 0 radical (unpaired) electrons. The van der Waals surface area contributed by atoms with E-state index in [9.17, 15) is 24.9 Å². The van der Waals surface area contributed by atoms with E-state index in [0.717, 1.165) is 0 Å². The second kappa shape index (κ2) is 7.98. The number of phenolic OH excluding ortho intramolecular Hbond substituents is 2.